The van der Waals surface area contributed by atoms with Gasteiger partial charge in [0.05, 0.1) is 24.1 Å². The van der Waals surface area contributed by atoms with E-state index in [-0.39, 0.29) is 10.6 Å². The van der Waals surface area contributed by atoms with Crippen molar-refractivity contribution in [2.24, 2.45) is 5.92 Å². The lowest BCUT2D eigenvalue weighted by molar-refractivity contribution is -0.0720. The molecule has 128 valence electrons. The summed E-state index contributed by atoms with van der Waals surface area (Å²) in [5.41, 5.74) is 0.435. The van der Waals surface area contributed by atoms with E-state index in [0.29, 0.717) is 18.1 Å². The Balaban J connectivity index is 1.54. The van der Waals surface area contributed by atoms with E-state index in [9.17, 15) is 4.79 Å². The van der Waals surface area contributed by atoms with Crippen LogP contribution in [0.5, 0.6) is 0 Å². The normalized spacial score (nSPS) is 27.3. The number of halogens is 1. The lowest BCUT2D eigenvalue weighted by Crippen LogP contribution is -2.48. The van der Waals surface area contributed by atoms with E-state index in [2.05, 4.69) is 33.8 Å². The van der Waals surface area contributed by atoms with E-state index >= 15 is 0 Å². The summed E-state index contributed by atoms with van der Waals surface area (Å²) in [5.74, 6) is 0.692. The molecule has 3 heterocycles. The van der Waals surface area contributed by atoms with Crippen LogP contribution in [0.2, 0.25) is 5.02 Å². The summed E-state index contributed by atoms with van der Waals surface area (Å²) in [6.45, 7) is 9.31. The van der Waals surface area contributed by atoms with E-state index < -0.39 is 0 Å². The monoisotopic (exact) mass is 340 g/mol. The standard InChI is InChI=1S/C16H25ClN4O2/c1-11-8-20(9-12(2)23-11)10-13-3-5-21(6-4-13)14-7-18-19-16(22)15(14)17/h7,11-13H,3-6,8-10H2,1-2H3,(H,19,22). The number of aromatic nitrogens is 2. The average molecular weight is 341 g/mol. The number of nitrogens with one attached hydrogen (secondary N) is 1. The van der Waals surface area contributed by atoms with Gasteiger partial charge in [0.2, 0.25) is 0 Å². The molecule has 0 aromatic carbocycles. The molecule has 0 bridgehead atoms. The minimum Gasteiger partial charge on any atom is -0.373 e. The van der Waals surface area contributed by atoms with E-state index in [0.717, 1.165) is 51.3 Å². The number of nitrogens with zero attached hydrogens (tertiary/aromatic N) is 3. The SMILES string of the molecule is CC1CN(CC2CCN(c3cn[nH]c(=O)c3Cl)CC2)CC(C)O1. The van der Waals surface area contributed by atoms with Crippen LogP contribution in [0.3, 0.4) is 0 Å². The Labute approximate surface area is 141 Å². The van der Waals surface area contributed by atoms with Gasteiger partial charge in [-0.25, -0.2) is 5.10 Å². The Morgan fingerprint density at radius 1 is 1.30 bits per heavy atom. The molecule has 0 amide bonds. The lowest BCUT2D eigenvalue weighted by atomic mass is 9.95. The Kier molecular flexibility index (Phi) is 5.24. The third-order valence-electron chi connectivity index (χ3n) is 4.74. The molecule has 2 atom stereocenters. The predicted octanol–water partition coefficient (Wildman–Crippen LogP) is 1.75. The maximum absolute atomic E-state index is 11.6. The van der Waals surface area contributed by atoms with E-state index in [4.69, 9.17) is 16.3 Å². The molecule has 6 nitrogen and oxygen atoms in total. The van der Waals surface area contributed by atoms with Gasteiger partial charge in [-0.05, 0) is 32.6 Å². The maximum atomic E-state index is 11.6. The topological polar surface area (TPSA) is 61.5 Å². The molecule has 2 saturated heterocycles. The highest BCUT2D eigenvalue weighted by Gasteiger charge is 2.27. The first kappa shape index (κ1) is 16.7. The Hall–Kier alpha value is -1.11. The molecule has 0 saturated carbocycles. The van der Waals surface area contributed by atoms with Crippen molar-refractivity contribution < 1.29 is 4.74 Å². The molecule has 0 aliphatic carbocycles. The number of hydrogen-bond donors (Lipinski definition) is 1. The molecule has 23 heavy (non-hydrogen) atoms. The first-order chi connectivity index (χ1) is 11.0. The van der Waals surface area contributed by atoms with Gasteiger partial charge in [0.25, 0.3) is 5.56 Å². The number of H-pyrrole nitrogens is 1. The molecule has 1 aromatic rings. The Morgan fingerprint density at radius 3 is 2.61 bits per heavy atom. The fourth-order valence-electron chi connectivity index (χ4n) is 3.75. The average Bonchev–Trinajstić information content (AvgIpc) is 2.50. The second-order valence-electron chi connectivity index (χ2n) is 6.80. The molecule has 1 aromatic heterocycles. The van der Waals surface area contributed by atoms with Crippen LogP contribution in [0.4, 0.5) is 5.69 Å². The number of ether oxygens (including phenoxy) is 1. The fraction of sp³-hybridized carbons (Fsp3) is 0.750. The van der Waals surface area contributed by atoms with Crippen molar-refractivity contribution >= 4 is 17.3 Å². The number of anilines is 1. The Morgan fingerprint density at radius 2 is 1.96 bits per heavy atom. The largest absolute Gasteiger partial charge is 0.373 e. The van der Waals surface area contributed by atoms with Gasteiger partial charge in [-0.2, -0.15) is 5.10 Å². The quantitative estimate of drug-likeness (QED) is 0.908. The fourth-order valence-corrected chi connectivity index (χ4v) is 3.96. The number of morpholine rings is 1. The molecule has 0 radical (unpaired) electrons. The van der Waals surface area contributed by atoms with E-state index in [1.54, 1.807) is 6.20 Å². The smallest absolute Gasteiger partial charge is 0.285 e. The van der Waals surface area contributed by atoms with Crippen LogP contribution in [0, 0.1) is 5.92 Å². The van der Waals surface area contributed by atoms with Crippen LogP contribution in [-0.2, 0) is 4.74 Å². The summed E-state index contributed by atoms with van der Waals surface area (Å²) < 4.78 is 5.80. The zero-order valence-electron chi connectivity index (χ0n) is 13.8. The highest BCUT2D eigenvalue weighted by Crippen LogP contribution is 2.27. The van der Waals surface area contributed by atoms with E-state index in [1.165, 1.54) is 0 Å². The van der Waals surface area contributed by atoms with Gasteiger partial charge in [0, 0.05) is 32.7 Å². The van der Waals surface area contributed by atoms with Crippen LogP contribution >= 0.6 is 11.6 Å². The first-order valence-corrected chi connectivity index (χ1v) is 8.76. The van der Waals surface area contributed by atoms with Crippen molar-refractivity contribution in [3.63, 3.8) is 0 Å². The molecule has 7 heteroatoms. The maximum Gasteiger partial charge on any atom is 0.285 e. The number of piperidine rings is 1. The molecule has 2 aliphatic rings. The molecule has 3 rings (SSSR count). The molecular formula is C16H25ClN4O2. The lowest BCUT2D eigenvalue weighted by Gasteiger charge is -2.40. The van der Waals surface area contributed by atoms with Crippen LogP contribution in [0.25, 0.3) is 0 Å². The second kappa shape index (κ2) is 7.20. The number of rotatable bonds is 3. The van der Waals surface area contributed by atoms with Crippen molar-refractivity contribution in [3.05, 3.63) is 21.6 Å². The van der Waals surface area contributed by atoms with Crippen LogP contribution in [-0.4, -0.2) is 60.0 Å². The van der Waals surface area contributed by atoms with Crippen molar-refractivity contribution in [2.45, 2.75) is 38.9 Å². The molecule has 2 aliphatic heterocycles. The van der Waals surface area contributed by atoms with Gasteiger partial charge in [-0.15, -0.1) is 0 Å². The zero-order chi connectivity index (χ0) is 16.4. The van der Waals surface area contributed by atoms with Crippen LogP contribution < -0.4 is 10.5 Å². The summed E-state index contributed by atoms with van der Waals surface area (Å²) in [5, 5.41) is 6.48. The second-order valence-corrected chi connectivity index (χ2v) is 7.18. The summed E-state index contributed by atoms with van der Waals surface area (Å²) >= 11 is 6.10. The minimum absolute atomic E-state index is 0.245. The molecule has 2 fully saturated rings. The zero-order valence-corrected chi connectivity index (χ0v) is 14.6. The predicted molar refractivity (Wildman–Crippen MR) is 91.3 cm³/mol. The summed E-state index contributed by atoms with van der Waals surface area (Å²) in [6, 6.07) is 0. The van der Waals surface area contributed by atoms with E-state index in [1.807, 2.05) is 0 Å². The molecule has 2 unspecified atom stereocenters. The van der Waals surface area contributed by atoms with Crippen molar-refractivity contribution in [2.75, 3.05) is 37.6 Å². The summed E-state index contributed by atoms with van der Waals surface area (Å²) in [7, 11) is 0. The van der Waals surface area contributed by atoms with Crippen molar-refractivity contribution in [3.8, 4) is 0 Å². The summed E-state index contributed by atoms with van der Waals surface area (Å²) in [4.78, 5) is 16.3. The molecule has 1 N–H and O–H groups in total. The molecule has 0 spiro atoms. The number of hydrogen-bond acceptors (Lipinski definition) is 5. The highest BCUT2D eigenvalue weighted by atomic mass is 35.5. The van der Waals surface area contributed by atoms with Gasteiger partial charge in [-0.1, -0.05) is 11.6 Å². The van der Waals surface area contributed by atoms with Gasteiger partial charge < -0.3 is 9.64 Å². The van der Waals surface area contributed by atoms with Gasteiger partial charge in [-0.3, -0.25) is 9.69 Å². The van der Waals surface area contributed by atoms with Crippen LogP contribution in [0.1, 0.15) is 26.7 Å². The number of aromatic amines is 1. The highest BCUT2D eigenvalue weighted by molar-refractivity contribution is 6.32. The minimum atomic E-state index is -0.317. The third-order valence-corrected chi connectivity index (χ3v) is 5.11. The van der Waals surface area contributed by atoms with Crippen molar-refractivity contribution in [1.82, 2.24) is 15.1 Å². The third kappa shape index (κ3) is 4.05. The van der Waals surface area contributed by atoms with Gasteiger partial charge >= 0.3 is 0 Å². The Bertz CT molecular complexity index is 576. The van der Waals surface area contributed by atoms with Crippen molar-refractivity contribution in [1.29, 1.82) is 0 Å². The van der Waals surface area contributed by atoms with Gasteiger partial charge in [0.15, 0.2) is 0 Å². The van der Waals surface area contributed by atoms with Gasteiger partial charge in [0.1, 0.15) is 5.02 Å². The summed E-state index contributed by atoms with van der Waals surface area (Å²) in [6.07, 6.45) is 4.52. The first-order valence-electron chi connectivity index (χ1n) is 8.39. The molecular weight excluding hydrogens is 316 g/mol. The van der Waals surface area contributed by atoms with Crippen LogP contribution in [0.15, 0.2) is 11.0 Å².